The normalized spacial score (nSPS) is 10.2. The zero-order valence-corrected chi connectivity index (χ0v) is 19.6. The highest BCUT2D eigenvalue weighted by Crippen LogP contribution is 2.23. The fourth-order valence-electron chi connectivity index (χ4n) is 3.56. The molecule has 2 N–H and O–H groups in total. The largest absolute Gasteiger partial charge is 0.483 e. The van der Waals surface area contributed by atoms with Crippen molar-refractivity contribution in [2.75, 3.05) is 24.4 Å². The SMILES string of the molecule is COC(=O)c1ccccc1NC(=O)COc1ccccc1C(=O)Nc1ccc(-c2ccccc2)cc1. The number of para-hydroxylation sites is 2. The number of anilines is 2. The second-order valence-electron chi connectivity index (χ2n) is 7.77. The van der Waals surface area contributed by atoms with Crippen LogP contribution >= 0.6 is 0 Å². The molecule has 0 unspecified atom stereocenters. The Balaban J connectivity index is 1.40. The molecular formula is C29H24N2O5. The molecular weight excluding hydrogens is 456 g/mol. The number of esters is 1. The van der Waals surface area contributed by atoms with Gasteiger partial charge in [0.25, 0.3) is 11.8 Å². The average molecular weight is 481 g/mol. The molecule has 4 aromatic rings. The summed E-state index contributed by atoms with van der Waals surface area (Å²) >= 11 is 0. The van der Waals surface area contributed by atoms with Crippen LogP contribution in [0.15, 0.2) is 103 Å². The first kappa shape index (κ1) is 24.2. The summed E-state index contributed by atoms with van der Waals surface area (Å²) in [7, 11) is 1.27. The maximum absolute atomic E-state index is 12.9. The van der Waals surface area contributed by atoms with Crippen molar-refractivity contribution in [3.8, 4) is 16.9 Å². The highest BCUT2D eigenvalue weighted by Gasteiger charge is 2.16. The van der Waals surface area contributed by atoms with Crippen LogP contribution in [-0.2, 0) is 9.53 Å². The number of nitrogens with one attached hydrogen (secondary N) is 2. The fraction of sp³-hybridized carbons (Fsp3) is 0.0690. The number of hydrogen-bond acceptors (Lipinski definition) is 5. The second-order valence-corrected chi connectivity index (χ2v) is 7.77. The van der Waals surface area contributed by atoms with E-state index in [1.807, 2.05) is 54.6 Å². The van der Waals surface area contributed by atoms with E-state index in [0.29, 0.717) is 11.4 Å². The Morgan fingerprint density at radius 1 is 0.667 bits per heavy atom. The zero-order chi connectivity index (χ0) is 25.3. The number of rotatable bonds is 8. The lowest BCUT2D eigenvalue weighted by molar-refractivity contribution is -0.118. The quantitative estimate of drug-likeness (QED) is 0.329. The Labute approximate surface area is 208 Å². The third-order valence-corrected chi connectivity index (χ3v) is 5.35. The summed E-state index contributed by atoms with van der Waals surface area (Å²) in [5.74, 6) is -1.16. The summed E-state index contributed by atoms with van der Waals surface area (Å²) in [6, 6.07) is 30.6. The van der Waals surface area contributed by atoms with Crippen molar-refractivity contribution in [2.45, 2.75) is 0 Å². The van der Waals surface area contributed by atoms with Gasteiger partial charge < -0.3 is 20.1 Å². The highest BCUT2D eigenvalue weighted by atomic mass is 16.5. The van der Waals surface area contributed by atoms with Crippen LogP contribution < -0.4 is 15.4 Å². The Bertz CT molecular complexity index is 1370. The number of methoxy groups -OCH3 is 1. The number of carbonyl (C=O) groups is 3. The van der Waals surface area contributed by atoms with E-state index >= 15 is 0 Å². The monoisotopic (exact) mass is 480 g/mol. The van der Waals surface area contributed by atoms with Crippen LogP contribution in [0.2, 0.25) is 0 Å². The van der Waals surface area contributed by atoms with Crippen molar-refractivity contribution in [1.29, 1.82) is 0 Å². The Hall–Kier alpha value is -4.91. The molecule has 4 rings (SSSR count). The van der Waals surface area contributed by atoms with Crippen molar-refractivity contribution in [3.63, 3.8) is 0 Å². The van der Waals surface area contributed by atoms with Gasteiger partial charge in [0.1, 0.15) is 5.75 Å². The van der Waals surface area contributed by atoms with Gasteiger partial charge in [0.05, 0.1) is 23.9 Å². The minimum atomic E-state index is -0.564. The first-order valence-corrected chi connectivity index (χ1v) is 11.2. The van der Waals surface area contributed by atoms with Crippen LogP contribution in [0.25, 0.3) is 11.1 Å². The molecule has 0 bridgehead atoms. The number of hydrogen-bond donors (Lipinski definition) is 2. The Morgan fingerprint density at radius 2 is 1.28 bits per heavy atom. The summed E-state index contributed by atoms with van der Waals surface area (Å²) in [5, 5.41) is 5.50. The Kier molecular flexibility index (Phi) is 7.73. The molecule has 7 nitrogen and oxygen atoms in total. The van der Waals surface area contributed by atoms with Crippen molar-refractivity contribution in [3.05, 3.63) is 114 Å². The van der Waals surface area contributed by atoms with Gasteiger partial charge in [0.2, 0.25) is 0 Å². The average Bonchev–Trinajstić information content (AvgIpc) is 2.93. The van der Waals surface area contributed by atoms with Gasteiger partial charge in [-0.2, -0.15) is 0 Å². The summed E-state index contributed by atoms with van der Waals surface area (Å²) in [6.45, 7) is -0.356. The van der Waals surface area contributed by atoms with Gasteiger partial charge in [-0.05, 0) is 47.5 Å². The Morgan fingerprint density at radius 3 is 2.00 bits per heavy atom. The van der Waals surface area contributed by atoms with Gasteiger partial charge in [0.15, 0.2) is 6.61 Å². The summed E-state index contributed by atoms with van der Waals surface area (Å²) < 4.78 is 10.4. The molecule has 4 aromatic carbocycles. The van der Waals surface area contributed by atoms with Gasteiger partial charge in [-0.3, -0.25) is 9.59 Å². The van der Waals surface area contributed by atoms with Crippen LogP contribution in [0, 0.1) is 0 Å². The van der Waals surface area contributed by atoms with Crippen LogP contribution in [0.5, 0.6) is 5.75 Å². The molecule has 2 amide bonds. The van der Waals surface area contributed by atoms with E-state index in [1.54, 1.807) is 48.5 Å². The van der Waals surface area contributed by atoms with Crippen molar-refractivity contribution >= 4 is 29.2 Å². The smallest absolute Gasteiger partial charge is 0.339 e. The first-order chi connectivity index (χ1) is 17.5. The maximum Gasteiger partial charge on any atom is 0.339 e. The van der Waals surface area contributed by atoms with E-state index in [2.05, 4.69) is 10.6 Å². The molecule has 36 heavy (non-hydrogen) atoms. The first-order valence-electron chi connectivity index (χ1n) is 11.2. The van der Waals surface area contributed by atoms with Crippen molar-refractivity contribution in [2.24, 2.45) is 0 Å². The van der Waals surface area contributed by atoms with Gasteiger partial charge >= 0.3 is 5.97 Å². The lowest BCUT2D eigenvalue weighted by Crippen LogP contribution is -2.23. The molecule has 0 aromatic heterocycles. The third kappa shape index (κ3) is 5.95. The van der Waals surface area contributed by atoms with Gasteiger partial charge in [0, 0.05) is 5.69 Å². The summed E-state index contributed by atoms with van der Waals surface area (Å²) in [6.07, 6.45) is 0. The summed E-state index contributed by atoms with van der Waals surface area (Å²) in [4.78, 5) is 37.3. The molecule has 0 saturated heterocycles. The fourth-order valence-corrected chi connectivity index (χ4v) is 3.56. The molecule has 7 heteroatoms. The number of carbonyl (C=O) groups excluding carboxylic acids is 3. The minimum Gasteiger partial charge on any atom is -0.483 e. The van der Waals surface area contributed by atoms with Crippen LogP contribution in [-0.4, -0.2) is 31.5 Å². The molecule has 0 aliphatic carbocycles. The molecule has 0 spiro atoms. The van der Waals surface area contributed by atoms with Crippen LogP contribution in [0.4, 0.5) is 11.4 Å². The maximum atomic E-state index is 12.9. The predicted octanol–water partition coefficient (Wildman–Crippen LogP) is 5.41. The molecule has 0 heterocycles. The van der Waals surface area contributed by atoms with Gasteiger partial charge in [-0.1, -0.05) is 66.7 Å². The zero-order valence-electron chi connectivity index (χ0n) is 19.6. The van der Waals surface area contributed by atoms with Crippen LogP contribution in [0.1, 0.15) is 20.7 Å². The molecule has 180 valence electrons. The van der Waals surface area contributed by atoms with Crippen LogP contribution in [0.3, 0.4) is 0 Å². The van der Waals surface area contributed by atoms with E-state index < -0.39 is 11.9 Å². The number of amides is 2. The molecule has 0 radical (unpaired) electrons. The molecule has 0 saturated carbocycles. The van der Waals surface area contributed by atoms with E-state index in [-0.39, 0.29) is 29.4 Å². The van der Waals surface area contributed by atoms with Gasteiger partial charge in [-0.25, -0.2) is 4.79 Å². The highest BCUT2D eigenvalue weighted by molar-refractivity contribution is 6.06. The number of ether oxygens (including phenoxy) is 2. The molecule has 0 atom stereocenters. The molecule has 0 fully saturated rings. The second kappa shape index (κ2) is 11.5. The van der Waals surface area contributed by atoms with Gasteiger partial charge in [-0.15, -0.1) is 0 Å². The van der Waals surface area contributed by atoms with Crippen molar-refractivity contribution in [1.82, 2.24) is 0 Å². The topological polar surface area (TPSA) is 93.7 Å². The number of benzene rings is 4. The minimum absolute atomic E-state index is 0.228. The molecule has 0 aliphatic rings. The van der Waals surface area contributed by atoms with E-state index in [9.17, 15) is 14.4 Å². The van der Waals surface area contributed by atoms with Crippen molar-refractivity contribution < 1.29 is 23.9 Å². The van der Waals surface area contributed by atoms with E-state index in [0.717, 1.165) is 11.1 Å². The van der Waals surface area contributed by atoms with E-state index in [4.69, 9.17) is 9.47 Å². The lowest BCUT2D eigenvalue weighted by atomic mass is 10.1. The summed E-state index contributed by atoms with van der Waals surface area (Å²) in [5.41, 5.74) is 3.58. The predicted molar refractivity (Wildman–Crippen MR) is 138 cm³/mol. The standard InChI is InChI=1S/C29H24N2O5/c1-35-29(34)23-11-5-7-13-25(23)31-27(32)19-36-26-14-8-6-12-24(26)28(33)30-22-17-15-21(16-18-22)20-9-3-2-4-10-20/h2-18H,19H2,1H3,(H,30,33)(H,31,32). The van der Waals surface area contributed by atoms with E-state index in [1.165, 1.54) is 7.11 Å². The lowest BCUT2D eigenvalue weighted by Gasteiger charge is -2.13. The third-order valence-electron chi connectivity index (χ3n) is 5.35. The molecule has 0 aliphatic heterocycles.